The number of hydrogen-bond donors (Lipinski definition) is 1. The molecule has 0 saturated carbocycles. The number of carbonyl (C=O) groups is 1. The molecule has 1 heterocycles. The Hall–Kier alpha value is -2.17. The molecule has 5 heteroatoms. The summed E-state index contributed by atoms with van der Waals surface area (Å²) in [6, 6.07) is 6.07. The van der Waals surface area contributed by atoms with E-state index >= 15 is 0 Å². The van der Waals surface area contributed by atoms with Crippen molar-refractivity contribution < 1.29 is 13.6 Å². The van der Waals surface area contributed by atoms with E-state index in [1.165, 1.54) is 12.1 Å². The minimum Gasteiger partial charge on any atom is -0.444 e. The maximum Gasteiger partial charge on any atom is 0.230 e. The number of aromatic nitrogens is 1. The van der Waals surface area contributed by atoms with Gasteiger partial charge in [-0.2, -0.15) is 0 Å². The van der Waals surface area contributed by atoms with Crippen LogP contribution in [0.25, 0.3) is 0 Å². The summed E-state index contributed by atoms with van der Waals surface area (Å²) in [6.45, 7) is 7.39. The molecule has 0 saturated heterocycles. The lowest BCUT2D eigenvalue weighted by atomic mass is 9.83. The lowest BCUT2D eigenvalue weighted by Crippen LogP contribution is -2.39. The van der Waals surface area contributed by atoms with Crippen LogP contribution >= 0.6 is 0 Å². The van der Waals surface area contributed by atoms with Crippen molar-refractivity contribution in [2.75, 3.05) is 0 Å². The van der Waals surface area contributed by atoms with Crippen molar-refractivity contribution in [2.45, 2.75) is 39.7 Å². The third-order valence-electron chi connectivity index (χ3n) is 3.59. The summed E-state index contributed by atoms with van der Waals surface area (Å²) in [5, 5.41) is 2.78. The van der Waals surface area contributed by atoms with E-state index in [9.17, 15) is 9.18 Å². The van der Waals surface area contributed by atoms with Gasteiger partial charge < -0.3 is 9.73 Å². The maximum absolute atomic E-state index is 13.3. The van der Waals surface area contributed by atoms with Gasteiger partial charge in [-0.15, -0.1) is 0 Å². The van der Waals surface area contributed by atoms with Gasteiger partial charge in [-0.3, -0.25) is 4.79 Å². The van der Waals surface area contributed by atoms with Gasteiger partial charge in [0.25, 0.3) is 0 Å². The van der Waals surface area contributed by atoms with E-state index in [-0.39, 0.29) is 18.3 Å². The monoisotopic (exact) mass is 290 g/mol. The number of rotatable bonds is 4. The molecule has 0 atom stereocenters. The molecule has 0 spiro atoms. The highest BCUT2D eigenvalue weighted by Crippen LogP contribution is 2.24. The Balaban J connectivity index is 2.08. The summed E-state index contributed by atoms with van der Waals surface area (Å²) in [7, 11) is 0. The molecule has 0 unspecified atom stereocenters. The van der Waals surface area contributed by atoms with Crippen LogP contribution in [0.2, 0.25) is 0 Å². The van der Waals surface area contributed by atoms with Crippen molar-refractivity contribution in [3.05, 3.63) is 53.0 Å². The van der Waals surface area contributed by atoms with Crippen LogP contribution in [0.5, 0.6) is 0 Å². The zero-order valence-corrected chi connectivity index (χ0v) is 12.7. The number of aryl methyl sites for hydroxylation is 2. The minimum atomic E-state index is -0.835. The van der Waals surface area contributed by atoms with Gasteiger partial charge in [0.15, 0.2) is 0 Å². The van der Waals surface area contributed by atoms with Crippen LogP contribution in [0.15, 0.2) is 28.7 Å². The van der Waals surface area contributed by atoms with Crippen molar-refractivity contribution in [3.8, 4) is 0 Å². The van der Waals surface area contributed by atoms with Crippen molar-refractivity contribution in [2.24, 2.45) is 0 Å². The molecule has 2 rings (SSSR count). The standard InChI is InChI=1S/C16H19FN2O2/c1-10-11(2)21-14(19-10)9-18-15(20)16(3,4)12-6-5-7-13(17)8-12/h5-8H,9H2,1-4H3,(H,18,20). The molecule has 1 amide bonds. The Morgan fingerprint density at radius 2 is 2.10 bits per heavy atom. The second-order valence-electron chi connectivity index (χ2n) is 5.57. The van der Waals surface area contributed by atoms with E-state index in [1.54, 1.807) is 26.0 Å². The van der Waals surface area contributed by atoms with Crippen molar-refractivity contribution in [3.63, 3.8) is 0 Å². The lowest BCUT2D eigenvalue weighted by Gasteiger charge is -2.23. The zero-order valence-electron chi connectivity index (χ0n) is 12.7. The fourth-order valence-electron chi connectivity index (χ4n) is 2.00. The first-order valence-electron chi connectivity index (χ1n) is 6.78. The fourth-order valence-corrected chi connectivity index (χ4v) is 2.00. The molecule has 0 bridgehead atoms. The SMILES string of the molecule is Cc1nc(CNC(=O)C(C)(C)c2cccc(F)c2)oc1C. The molecule has 1 aromatic carbocycles. The number of hydrogen-bond acceptors (Lipinski definition) is 3. The summed E-state index contributed by atoms with van der Waals surface area (Å²) in [6.07, 6.45) is 0. The topological polar surface area (TPSA) is 55.1 Å². The van der Waals surface area contributed by atoms with Gasteiger partial charge in [-0.25, -0.2) is 9.37 Å². The molecule has 0 aliphatic heterocycles. The first kappa shape index (κ1) is 15.2. The van der Waals surface area contributed by atoms with E-state index in [4.69, 9.17) is 4.42 Å². The zero-order chi connectivity index (χ0) is 15.6. The Kier molecular flexibility index (Phi) is 4.11. The minimum absolute atomic E-state index is 0.207. The van der Waals surface area contributed by atoms with Crippen molar-refractivity contribution in [1.29, 1.82) is 0 Å². The quantitative estimate of drug-likeness (QED) is 0.941. The summed E-state index contributed by atoms with van der Waals surface area (Å²) >= 11 is 0. The van der Waals surface area contributed by atoms with Gasteiger partial charge in [-0.1, -0.05) is 12.1 Å². The summed E-state index contributed by atoms with van der Waals surface area (Å²) in [5.74, 6) is 0.644. The molecule has 0 fully saturated rings. The van der Waals surface area contributed by atoms with E-state index in [0.29, 0.717) is 11.5 Å². The van der Waals surface area contributed by atoms with Crippen LogP contribution in [0, 0.1) is 19.7 Å². The van der Waals surface area contributed by atoms with Crippen LogP contribution in [-0.2, 0) is 16.8 Å². The highest BCUT2D eigenvalue weighted by Gasteiger charge is 2.30. The largest absolute Gasteiger partial charge is 0.444 e. The van der Waals surface area contributed by atoms with Crippen LogP contribution < -0.4 is 5.32 Å². The Bertz CT molecular complexity index is 643. The van der Waals surface area contributed by atoms with E-state index < -0.39 is 5.41 Å². The normalized spacial score (nSPS) is 11.5. The number of benzene rings is 1. The van der Waals surface area contributed by atoms with Crippen molar-refractivity contribution >= 4 is 5.91 Å². The van der Waals surface area contributed by atoms with Gasteiger partial charge in [0.1, 0.15) is 11.6 Å². The number of amides is 1. The highest BCUT2D eigenvalue weighted by molar-refractivity contribution is 5.87. The predicted molar refractivity (Wildman–Crippen MR) is 77.2 cm³/mol. The Labute approximate surface area is 123 Å². The molecule has 0 radical (unpaired) electrons. The fraction of sp³-hybridized carbons (Fsp3) is 0.375. The van der Waals surface area contributed by atoms with Gasteiger partial charge >= 0.3 is 0 Å². The highest BCUT2D eigenvalue weighted by atomic mass is 19.1. The average molecular weight is 290 g/mol. The molecule has 4 nitrogen and oxygen atoms in total. The van der Waals surface area contributed by atoms with Crippen LogP contribution in [0.3, 0.4) is 0 Å². The number of nitrogens with zero attached hydrogens (tertiary/aromatic N) is 1. The molecular formula is C16H19FN2O2. The maximum atomic E-state index is 13.3. The van der Waals surface area contributed by atoms with E-state index in [1.807, 2.05) is 13.8 Å². The second-order valence-corrected chi connectivity index (χ2v) is 5.57. The molecule has 21 heavy (non-hydrogen) atoms. The first-order valence-corrected chi connectivity index (χ1v) is 6.78. The molecule has 1 aromatic heterocycles. The van der Waals surface area contributed by atoms with Crippen LogP contribution in [-0.4, -0.2) is 10.9 Å². The van der Waals surface area contributed by atoms with Gasteiger partial charge in [-0.05, 0) is 45.4 Å². The molecule has 112 valence electrons. The lowest BCUT2D eigenvalue weighted by molar-refractivity contribution is -0.125. The summed E-state index contributed by atoms with van der Waals surface area (Å²) in [4.78, 5) is 16.5. The van der Waals surface area contributed by atoms with Gasteiger partial charge in [0.05, 0.1) is 17.7 Å². The van der Waals surface area contributed by atoms with Crippen molar-refractivity contribution in [1.82, 2.24) is 10.3 Å². The Morgan fingerprint density at radius 3 is 2.67 bits per heavy atom. The van der Waals surface area contributed by atoms with Gasteiger partial charge in [0.2, 0.25) is 11.8 Å². The van der Waals surface area contributed by atoms with E-state index in [0.717, 1.165) is 11.5 Å². The number of carbonyl (C=O) groups excluding carboxylic acids is 1. The predicted octanol–water partition coefficient (Wildman–Crippen LogP) is 3.02. The third-order valence-corrected chi connectivity index (χ3v) is 3.59. The molecule has 0 aliphatic rings. The number of nitrogens with one attached hydrogen (secondary N) is 1. The first-order chi connectivity index (χ1) is 9.80. The van der Waals surface area contributed by atoms with Crippen LogP contribution in [0.4, 0.5) is 4.39 Å². The summed E-state index contributed by atoms with van der Waals surface area (Å²) < 4.78 is 18.7. The molecule has 2 aromatic rings. The average Bonchev–Trinajstić information content (AvgIpc) is 2.75. The Morgan fingerprint density at radius 1 is 1.38 bits per heavy atom. The number of oxazole rings is 1. The summed E-state index contributed by atoms with van der Waals surface area (Å²) in [5.41, 5.74) is 0.599. The smallest absolute Gasteiger partial charge is 0.230 e. The van der Waals surface area contributed by atoms with Crippen LogP contribution in [0.1, 0.15) is 36.8 Å². The molecule has 0 aliphatic carbocycles. The third kappa shape index (κ3) is 3.29. The van der Waals surface area contributed by atoms with Gasteiger partial charge in [0, 0.05) is 0 Å². The molecular weight excluding hydrogens is 271 g/mol. The number of halogens is 1. The van der Waals surface area contributed by atoms with E-state index in [2.05, 4.69) is 10.3 Å². The second kappa shape index (κ2) is 5.68. The molecule has 1 N–H and O–H groups in total.